The predicted molar refractivity (Wildman–Crippen MR) is 124 cm³/mol. The normalized spacial score (nSPS) is 13.8. The van der Waals surface area contributed by atoms with E-state index in [1.54, 1.807) is 46.0 Å². The second-order valence-corrected chi connectivity index (χ2v) is 9.14. The van der Waals surface area contributed by atoms with Gasteiger partial charge in [0.25, 0.3) is 5.91 Å². The number of fused-ring (bicyclic) bond motifs is 1. The molecule has 1 unspecified atom stereocenters. The Morgan fingerprint density at radius 2 is 1.79 bits per heavy atom. The van der Waals surface area contributed by atoms with E-state index in [2.05, 4.69) is 10.3 Å². The van der Waals surface area contributed by atoms with Crippen LogP contribution in [0.25, 0.3) is 11.1 Å². The zero-order valence-electron chi connectivity index (χ0n) is 19.4. The first-order chi connectivity index (χ1) is 16.0. The molecule has 4 rings (SSSR count). The third-order valence-corrected chi connectivity index (χ3v) is 5.44. The van der Waals surface area contributed by atoms with Gasteiger partial charge in [0, 0.05) is 29.9 Å². The number of nitrogens with zero attached hydrogens (tertiary/aromatic N) is 2. The van der Waals surface area contributed by atoms with E-state index in [0.29, 0.717) is 17.8 Å². The summed E-state index contributed by atoms with van der Waals surface area (Å²) in [5, 5.41) is 2.79. The fourth-order valence-electron chi connectivity index (χ4n) is 3.99. The Morgan fingerprint density at radius 1 is 1.09 bits per heavy atom. The van der Waals surface area contributed by atoms with Crippen molar-refractivity contribution in [1.29, 1.82) is 0 Å². The molecule has 3 aromatic rings. The molecule has 0 spiro atoms. The van der Waals surface area contributed by atoms with Crippen LogP contribution in [0.1, 0.15) is 55.4 Å². The third-order valence-electron chi connectivity index (χ3n) is 5.44. The predicted octanol–water partition coefficient (Wildman–Crippen LogP) is 5.77. The maximum absolute atomic E-state index is 14.1. The van der Waals surface area contributed by atoms with Gasteiger partial charge in [-0.15, -0.1) is 0 Å². The van der Waals surface area contributed by atoms with Crippen LogP contribution in [0.5, 0.6) is 0 Å². The highest BCUT2D eigenvalue weighted by molar-refractivity contribution is 5.99. The summed E-state index contributed by atoms with van der Waals surface area (Å²) in [7, 11) is 0. The van der Waals surface area contributed by atoms with Crippen LogP contribution in [0.15, 0.2) is 54.7 Å². The van der Waals surface area contributed by atoms with E-state index >= 15 is 0 Å². The van der Waals surface area contributed by atoms with Gasteiger partial charge in [0.05, 0.1) is 17.4 Å². The van der Waals surface area contributed by atoms with E-state index in [1.165, 1.54) is 4.90 Å². The van der Waals surface area contributed by atoms with Crippen molar-refractivity contribution in [1.82, 2.24) is 10.3 Å². The lowest BCUT2D eigenvalue weighted by Crippen LogP contribution is -2.39. The Morgan fingerprint density at radius 3 is 2.47 bits per heavy atom. The van der Waals surface area contributed by atoms with Crippen molar-refractivity contribution in [2.75, 3.05) is 4.90 Å². The summed E-state index contributed by atoms with van der Waals surface area (Å²) in [5.74, 6) is -1.74. The van der Waals surface area contributed by atoms with Gasteiger partial charge in [-0.3, -0.25) is 14.7 Å². The van der Waals surface area contributed by atoms with E-state index in [4.69, 9.17) is 4.74 Å². The molecule has 1 aliphatic rings. The van der Waals surface area contributed by atoms with Gasteiger partial charge in [0.15, 0.2) is 0 Å². The number of pyridine rings is 1. The molecular formula is C26H25F2N3O3. The van der Waals surface area contributed by atoms with Crippen LogP contribution in [0.3, 0.4) is 0 Å². The van der Waals surface area contributed by atoms with E-state index in [1.807, 2.05) is 18.2 Å². The first-order valence-electron chi connectivity index (χ1n) is 10.9. The second-order valence-electron chi connectivity index (χ2n) is 9.14. The maximum atomic E-state index is 14.1. The number of anilines is 1. The number of amides is 2. The Hall–Kier alpha value is -3.81. The standard InChI is InChI=1S/C26H25F2N3O3/c1-15(31(25(33)34-26(2,3)4)20-12-18(27)11-19(28)13-20)23-21(6-5-9-29-23)16-7-8-22-17(10-16)14-30-24(22)32/h5-13,15H,14H2,1-4H3,(H,30,32). The summed E-state index contributed by atoms with van der Waals surface area (Å²) in [6.07, 6.45) is 0.832. The molecule has 1 N–H and O–H groups in total. The van der Waals surface area contributed by atoms with E-state index in [-0.39, 0.29) is 11.6 Å². The number of halogens is 2. The molecule has 0 saturated carbocycles. The van der Waals surface area contributed by atoms with Gasteiger partial charge in [-0.2, -0.15) is 0 Å². The van der Waals surface area contributed by atoms with Crippen LogP contribution >= 0.6 is 0 Å². The molecule has 1 aromatic heterocycles. The molecule has 2 heterocycles. The SMILES string of the molecule is CC(c1ncccc1-c1ccc2c(c1)CNC2=O)N(C(=O)OC(C)(C)C)c1cc(F)cc(F)c1. The number of ether oxygens (including phenoxy) is 1. The summed E-state index contributed by atoms with van der Waals surface area (Å²) in [6, 6.07) is 11.3. The molecule has 2 amide bonds. The molecule has 1 atom stereocenters. The van der Waals surface area contributed by atoms with Crippen molar-refractivity contribution in [3.8, 4) is 11.1 Å². The summed E-state index contributed by atoms with van der Waals surface area (Å²) in [6.45, 7) is 7.29. The van der Waals surface area contributed by atoms with Gasteiger partial charge in [-0.1, -0.05) is 12.1 Å². The highest BCUT2D eigenvalue weighted by atomic mass is 19.1. The molecule has 0 aliphatic carbocycles. The summed E-state index contributed by atoms with van der Waals surface area (Å²) >= 11 is 0. The molecule has 6 nitrogen and oxygen atoms in total. The van der Waals surface area contributed by atoms with Gasteiger partial charge in [-0.05, 0) is 69.2 Å². The zero-order chi connectivity index (χ0) is 24.6. The Bertz CT molecular complexity index is 1250. The first kappa shape index (κ1) is 23.4. The maximum Gasteiger partial charge on any atom is 0.415 e. The lowest BCUT2D eigenvalue weighted by Gasteiger charge is -2.32. The number of rotatable bonds is 4. The summed E-state index contributed by atoms with van der Waals surface area (Å²) in [5.41, 5.74) is 2.71. The monoisotopic (exact) mass is 465 g/mol. The Kier molecular flexibility index (Phi) is 6.08. The van der Waals surface area contributed by atoms with E-state index in [9.17, 15) is 18.4 Å². The first-order valence-corrected chi connectivity index (χ1v) is 10.9. The summed E-state index contributed by atoms with van der Waals surface area (Å²) in [4.78, 5) is 30.9. The van der Waals surface area contributed by atoms with Crippen LogP contribution in [-0.4, -0.2) is 22.6 Å². The lowest BCUT2D eigenvalue weighted by atomic mass is 9.96. The van der Waals surface area contributed by atoms with Gasteiger partial charge >= 0.3 is 6.09 Å². The molecular weight excluding hydrogens is 440 g/mol. The van der Waals surface area contributed by atoms with Crippen molar-refractivity contribution in [3.63, 3.8) is 0 Å². The topological polar surface area (TPSA) is 71.5 Å². The molecule has 0 saturated heterocycles. The largest absolute Gasteiger partial charge is 0.443 e. The van der Waals surface area contributed by atoms with Crippen LogP contribution < -0.4 is 10.2 Å². The van der Waals surface area contributed by atoms with Crippen molar-refractivity contribution < 1.29 is 23.1 Å². The molecule has 0 fully saturated rings. The lowest BCUT2D eigenvalue weighted by molar-refractivity contribution is 0.0566. The Labute approximate surface area is 196 Å². The molecule has 2 aromatic carbocycles. The highest BCUT2D eigenvalue weighted by Crippen LogP contribution is 2.35. The van der Waals surface area contributed by atoms with Crippen LogP contribution in [0, 0.1) is 11.6 Å². The highest BCUT2D eigenvalue weighted by Gasteiger charge is 2.31. The van der Waals surface area contributed by atoms with Gasteiger partial charge < -0.3 is 10.1 Å². The van der Waals surface area contributed by atoms with Gasteiger partial charge in [0.1, 0.15) is 17.2 Å². The quantitative estimate of drug-likeness (QED) is 0.531. The van der Waals surface area contributed by atoms with Crippen LogP contribution in [-0.2, 0) is 11.3 Å². The number of carbonyl (C=O) groups is 2. The fraction of sp³-hybridized carbons (Fsp3) is 0.269. The number of aromatic nitrogens is 1. The molecule has 1 aliphatic heterocycles. The molecule has 8 heteroatoms. The van der Waals surface area contributed by atoms with Crippen LogP contribution in [0.2, 0.25) is 0 Å². The van der Waals surface area contributed by atoms with Gasteiger partial charge in [-0.25, -0.2) is 13.6 Å². The number of hydrogen-bond donors (Lipinski definition) is 1. The Balaban J connectivity index is 1.80. The second kappa shape index (κ2) is 8.85. The minimum atomic E-state index is -0.826. The molecule has 34 heavy (non-hydrogen) atoms. The van der Waals surface area contributed by atoms with Crippen molar-refractivity contribution >= 4 is 17.7 Å². The average Bonchev–Trinajstić information content (AvgIpc) is 3.12. The van der Waals surface area contributed by atoms with Crippen LogP contribution in [0.4, 0.5) is 19.3 Å². The number of carbonyl (C=O) groups excluding carboxylic acids is 2. The average molecular weight is 466 g/mol. The number of hydrogen-bond acceptors (Lipinski definition) is 4. The van der Waals surface area contributed by atoms with Crippen molar-refractivity contribution in [3.05, 3.63) is 83.2 Å². The summed E-state index contributed by atoms with van der Waals surface area (Å²) < 4.78 is 33.7. The zero-order valence-corrected chi connectivity index (χ0v) is 19.4. The van der Waals surface area contributed by atoms with E-state index in [0.717, 1.165) is 34.9 Å². The third kappa shape index (κ3) is 4.76. The smallest absolute Gasteiger partial charge is 0.415 e. The van der Waals surface area contributed by atoms with Crippen molar-refractivity contribution in [2.45, 2.75) is 45.9 Å². The molecule has 176 valence electrons. The molecule has 0 radical (unpaired) electrons. The van der Waals surface area contributed by atoms with Crippen molar-refractivity contribution in [2.24, 2.45) is 0 Å². The van der Waals surface area contributed by atoms with Gasteiger partial charge in [0.2, 0.25) is 0 Å². The minimum absolute atomic E-state index is 0.0135. The fourth-order valence-corrected chi connectivity index (χ4v) is 3.99. The number of nitrogens with one attached hydrogen (secondary N) is 1. The number of benzene rings is 2. The van der Waals surface area contributed by atoms with E-state index < -0.39 is 29.4 Å². The molecule has 0 bridgehead atoms. The minimum Gasteiger partial charge on any atom is -0.443 e.